The lowest BCUT2D eigenvalue weighted by atomic mass is 10.1. The molecule has 0 amide bonds. The number of fused-ring (bicyclic) bond motifs is 4. The highest BCUT2D eigenvalue weighted by molar-refractivity contribution is 14.1. The summed E-state index contributed by atoms with van der Waals surface area (Å²) in [4.78, 5) is 31.5. The Morgan fingerprint density at radius 1 is 0.695 bits per heavy atom. The number of aliphatic hydroxyl groups is 2. The van der Waals surface area contributed by atoms with Crippen molar-refractivity contribution >= 4 is 78.6 Å². The Labute approximate surface area is 353 Å². The molecule has 8 aromatic rings. The third-order valence-electron chi connectivity index (χ3n) is 10.1. The maximum atomic E-state index is 9.00. The monoisotopic (exact) mass is 908 g/mol. The van der Waals surface area contributed by atoms with Crippen LogP contribution in [0.4, 0.5) is 11.6 Å². The number of aromatic nitrogens is 12. The van der Waals surface area contributed by atoms with Gasteiger partial charge in [-0.05, 0) is 60.4 Å². The number of hydrogen-bond acceptors (Lipinski definition) is 16. The van der Waals surface area contributed by atoms with Gasteiger partial charge in [-0.2, -0.15) is 0 Å². The standard InChI is InChI=1S/C20H22N8O.C18H18N8.C2H5IO/c29-9-7-21-16-5-8-27(13-16)18-11-23-19-20(24-18)28(26-25-19)12-14-3-4-17-15(10-14)2-1-6-22-17;19-14-5-7-25(11-14)16-9-21-17-18(22-16)26(24-23-17)10-12-3-4-15-13(8-12)2-1-6-20-15;3-1-2-4/h1-4,6,10-11,16,21,29H,5,7-9,12-13H2;1-4,6,8-9,14H,5,7,10-11,19H2;4H,1-2H2/t16-;14-;/m11./s1. The molecule has 0 saturated carbocycles. The number of rotatable bonds is 10. The summed E-state index contributed by atoms with van der Waals surface area (Å²) in [6, 6.07) is 20.9. The van der Waals surface area contributed by atoms with Gasteiger partial charge in [0.1, 0.15) is 11.6 Å². The summed E-state index contributed by atoms with van der Waals surface area (Å²) in [5.74, 6) is 1.66. The zero-order valence-corrected chi connectivity index (χ0v) is 34.5. The number of nitrogens with two attached hydrogens (primary N) is 1. The summed E-state index contributed by atoms with van der Waals surface area (Å²) in [5.41, 5.74) is 12.7. The molecule has 2 saturated heterocycles. The quantitative estimate of drug-likeness (QED) is 0.114. The van der Waals surface area contributed by atoms with Crippen LogP contribution in [0.3, 0.4) is 0 Å². The average Bonchev–Trinajstić information content (AvgIpc) is 4.11. The van der Waals surface area contributed by atoms with Gasteiger partial charge in [-0.3, -0.25) is 9.97 Å². The normalized spacial score (nSPS) is 16.5. The fourth-order valence-corrected chi connectivity index (χ4v) is 7.20. The molecule has 0 aliphatic carbocycles. The Hall–Kier alpha value is -5.61. The van der Waals surface area contributed by atoms with Crippen molar-refractivity contribution in [3.63, 3.8) is 0 Å². The summed E-state index contributed by atoms with van der Waals surface area (Å²) in [5, 5.41) is 39.2. The van der Waals surface area contributed by atoms with Crippen LogP contribution in [0.25, 0.3) is 44.4 Å². The first-order valence-corrected chi connectivity index (χ1v) is 21.1. The van der Waals surface area contributed by atoms with Crippen molar-refractivity contribution in [3.05, 3.63) is 96.6 Å². The van der Waals surface area contributed by atoms with Gasteiger partial charge in [0.15, 0.2) is 11.3 Å². The van der Waals surface area contributed by atoms with E-state index in [4.69, 9.17) is 25.9 Å². The maximum Gasteiger partial charge on any atom is 0.221 e. The molecule has 5 N–H and O–H groups in total. The van der Waals surface area contributed by atoms with Gasteiger partial charge in [0.05, 0.1) is 49.7 Å². The molecule has 304 valence electrons. The second kappa shape index (κ2) is 19.0. The zero-order chi connectivity index (χ0) is 40.6. The molecular weight excluding hydrogens is 863 g/mol. The van der Waals surface area contributed by atoms with Crippen LogP contribution in [0, 0.1) is 0 Å². The Morgan fingerprint density at radius 2 is 1.24 bits per heavy atom. The predicted molar refractivity (Wildman–Crippen MR) is 234 cm³/mol. The van der Waals surface area contributed by atoms with Crippen LogP contribution in [0.5, 0.6) is 0 Å². The van der Waals surface area contributed by atoms with Crippen LogP contribution < -0.4 is 20.9 Å². The van der Waals surface area contributed by atoms with E-state index < -0.39 is 0 Å². The zero-order valence-electron chi connectivity index (χ0n) is 32.3. The molecule has 2 atom stereocenters. The van der Waals surface area contributed by atoms with Crippen molar-refractivity contribution in [2.45, 2.75) is 38.0 Å². The third kappa shape index (κ3) is 9.65. The molecule has 8 heterocycles. The number of anilines is 2. The number of halogens is 1. The average molecular weight is 909 g/mol. The lowest BCUT2D eigenvalue weighted by Gasteiger charge is -2.17. The molecule has 0 spiro atoms. The van der Waals surface area contributed by atoms with Gasteiger partial charge < -0.3 is 31.1 Å². The summed E-state index contributed by atoms with van der Waals surface area (Å²) < 4.78 is 4.43. The molecule has 59 heavy (non-hydrogen) atoms. The molecule has 0 bridgehead atoms. The van der Waals surface area contributed by atoms with E-state index in [9.17, 15) is 0 Å². The Balaban J connectivity index is 0.000000151. The SMILES string of the molecule is N[C@@H]1CCN(c2cnc3nnn(Cc4ccc5ncccc5c4)c3n2)C1.OCCI.OCCN[C@@H]1CCN(c2cnc3nnn(Cc4ccc5ncccc5c4)c3n2)C1. The largest absolute Gasteiger partial charge is 0.396 e. The number of nitrogens with zero attached hydrogens (tertiary/aromatic N) is 14. The van der Waals surface area contributed by atoms with Crippen LogP contribution in [0.2, 0.25) is 0 Å². The first-order valence-electron chi connectivity index (χ1n) is 19.5. The van der Waals surface area contributed by atoms with E-state index in [0.29, 0.717) is 54.9 Å². The van der Waals surface area contributed by atoms with Crippen LogP contribution >= 0.6 is 22.6 Å². The molecule has 10 rings (SSSR count). The molecular formula is C40H45IN16O2. The number of aliphatic hydroxyl groups excluding tert-OH is 2. The van der Waals surface area contributed by atoms with Gasteiger partial charge in [0, 0.05) is 72.4 Å². The highest BCUT2D eigenvalue weighted by atomic mass is 127. The topological polar surface area (TPSA) is 224 Å². The van der Waals surface area contributed by atoms with Crippen molar-refractivity contribution in [2.75, 3.05) is 60.2 Å². The number of nitrogens with one attached hydrogen (secondary N) is 1. The lowest BCUT2D eigenvalue weighted by Crippen LogP contribution is -2.34. The molecule has 0 unspecified atom stereocenters. The summed E-state index contributed by atoms with van der Waals surface area (Å²) in [7, 11) is 0. The van der Waals surface area contributed by atoms with Gasteiger partial charge in [0.2, 0.25) is 11.3 Å². The van der Waals surface area contributed by atoms with Gasteiger partial charge in [0.25, 0.3) is 0 Å². The minimum Gasteiger partial charge on any atom is -0.396 e. The first kappa shape index (κ1) is 40.2. The molecule has 0 radical (unpaired) electrons. The summed E-state index contributed by atoms with van der Waals surface area (Å²) >= 11 is 2.10. The number of pyridine rings is 2. The van der Waals surface area contributed by atoms with E-state index in [0.717, 1.165) is 88.0 Å². The van der Waals surface area contributed by atoms with Gasteiger partial charge in [-0.15, -0.1) is 10.2 Å². The maximum absolute atomic E-state index is 9.00. The van der Waals surface area contributed by atoms with E-state index in [1.807, 2.05) is 24.3 Å². The van der Waals surface area contributed by atoms with E-state index in [1.165, 1.54) is 0 Å². The molecule has 2 aromatic carbocycles. The highest BCUT2D eigenvalue weighted by Crippen LogP contribution is 2.22. The van der Waals surface area contributed by atoms with Crippen molar-refractivity contribution in [1.29, 1.82) is 0 Å². The molecule has 6 aromatic heterocycles. The van der Waals surface area contributed by atoms with Crippen molar-refractivity contribution in [2.24, 2.45) is 5.73 Å². The lowest BCUT2D eigenvalue weighted by molar-refractivity contribution is 0.286. The van der Waals surface area contributed by atoms with Crippen LogP contribution in [-0.4, -0.2) is 133 Å². The molecule has 18 nitrogen and oxygen atoms in total. The fourth-order valence-electron chi connectivity index (χ4n) is 7.20. The number of hydrogen-bond donors (Lipinski definition) is 4. The fraction of sp³-hybridized carbons (Fsp3) is 0.350. The van der Waals surface area contributed by atoms with E-state index >= 15 is 0 Å². The van der Waals surface area contributed by atoms with Crippen LogP contribution in [-0.2, 0) is 13.1 Å². The second-order valence-electron chi connectivity index (χ2n) is 14.3. The van der Waals surface area contributed by atoms with Crippen molar-refractivity contribution < 1.29 is 10.2 Å². The third-order valence-corrected chi connectivity index (χ3v) is 10.6. The second-order valence-corrected chi connectivity index (χ2v) is 15.4. The molecule has 2 aliphatic heterocycles. The van der Waals surface area contributed by atoms with Crippen molar-refractivity contribution in [1.82, 2.24) is 65.2 Å². The number of benzene rings is 2. The Kier molecular flexibility index (Phi) is 12.9. The molecule has 2 fully saturated rings. The predicted octanol–water partition coefficient (Wildman–Crippen LogP) is 2.75. The Bertz CT molecular complexity index is 2640. The Morgan fingerprint density at radius 3 is 1.75 bits per heavy atom. The van der Waals surface area contributed by atoms with Crippen LogP contribution in [0.15, 0.2) is 85.5 Å². The summed E-state index contributed by atoms with van der Waals surface area (Å²) in [6.45, 7) is 5.68. The first-order chi connectivity index (χ1) is 29.0. The highest BCUT2D eigenvalue weighted by Gasteiger charge is 2.24. The minimum atomic E-state index is 0.151. The van der Waals surface area contributed by atoms with Gasteiger partial charge >= 0.3 is 0 Å². The minimum absolute atomic E-state index is 0.151. The van der Waals surface area contributed by atoms with Crippen molar-refractivity contribution in [3.8, 4) is 0 Å². The number of alkyl halides is 1. The molecule has 2 aliphatic rings. The smallest absolute Gasteiger partial charge is 0.221 e. The van der Waals surface area contributed by atoms with E-state index in [2.05, 4.69) is 115 Å². The van der Waals surface area contributed by atoms with E-state index in [1.54, 1.807) is 34.2 Å². The molecule has 19 heteroatoms. The van der Waals surface area contributed by atoms with Crippen LogP contribution in [0.1, 0.15) is 24.0 Å². The van der Waals surface area contributed by atoms with E-state index in [-0.39, 0.29) is 12.6 Å². The summed E-state index contributed by atoms with van der Waals surface area (Å²) in [6.07, 6.45) is 9.10. The van der Waals surface area contributed by atoms with Gasteiger partial charge in [-0.25, -0.2) is 29.3 Å². The van der Waals surface area contributed by atoms with Gasteiger partial charge in [-0.1, -0.05) is 57.3 Å².